The molecule has 2 amide bonds. The van der Waals surface area contributed by atoms with Gasteiger partial charge in [0.2, 0.25) is 0 Å². The highest BCUT2D eigenvalue weighted by atomic mass is 16.5. The van der Waals surface area contributed by atoms with Crippen LogP contribution in [0.25, 0.3) is 16.8 Å². The topological polar surface area (TPSA) is 67.4 Å². The molecule has 0 bridgehead atoms. The zero-order chi connectivity index (χ0) is 21.3. The van der Waals surface area contributed by atoms with Crippen LogP contribution < -0.4 is 15.4 Å². The van der Waals surface area contributed by atoms with E-state index in [0.717, 1.165) is 34.9 Å². The zero-order valence-corrected chi connectivity index (χ0v) is 17.3. The van der Waals surface area contributed by atoms with E-state index >= 15 is 0 Å². The van der Waals surface area contributed by atoms with E-state index in [-0.39, 0.29) is 17.5 Å². The monoisotopic (exact) mass is 402 g/mol. The van der Waals surface area contributed by atoms with Crippen molar-refractivity contribution >= 4 is 28.7 Å². The molecule has 0 radical (unpaired) electrons. The summed E-state index contributed by atoms with van der Waals surface area (Å²) >= 11 is 0. The number of methoxy groups -OCH3 is 1. The van der Waals surface area contributed by atoms with E-state index in [1.165, 1.54) is 0 Å². The van der Waals surface area contributed by atoms with E-state index in [1.807, 2.05) is 60.7 Å². The van der Waals surface area contributed by atoms with Crippen LogP contribution in [0.4, 0.5) is 0 Å². The lowest BCUT2D eigenvalue weighted by atomic mass is 10.0. The van der Waals surface area contributed by atoms with Crippen LogP contribution >= 0.6 is 0 Å². The van der Waals surface area contributed by atoms with E-state index in [9.17, 15) is 9.59 Å². The largest absolute Gasteiger partial charge is 0.497 e. The van der Waals surface area contributed by atoms with Crippen molar-refractivity contribution in [3.8, 4) is 5.75 Å². The molecule has 0 saturated heterocycles. The second kappa shape index (κ2) is 10.3. The molecule has 154 valence electrons. The van der Waals surface area contributed by atoms with Crippen LogP contribution in [0.5, 0.6) is 5.75 Å². The molecule has 0 fully saturated rings. The summed E-state index contributed by atoms with van der Waals surface area (Å²) in [5.74, 6) is 0.0888. The number of ether oxygens (including phenoxy) is 1. The van der Waals surface area contributed by atoms with E-state index in [1.54, 1.807) is 19.3 Å². The number of unbranched alkanes of at least 4 members (excludes halogenated alkanes) is 1. The standard InChI is InChI=1S/C25H26N2O3/c1-3-4-16-26-25(29)23(17-18-12-14-20(30-2)15-13-18)27-24(28)22-11-7-9-19-8-5-6-10-21(19)22/h5-15,17H,3-4,16H2,1-2H3,(H,26,29)(H,27,28)/b23-17-. The normalized spacial score (nSPS) is 11.2. The first-order valence-electron chi connectivity index (χ1n) is 10.1. The third-order valence-electron chi connectivity index (χ3n) is 4.77. The van der Waals surface area contributed by atoms with Crippen LogP contribution in [0.3, 0.4) is 0 Å². The number of fused-ring (bicyclic) bond motifs is 1. The molecule has 0 unspecified atom stereocenters. The van der Waals surface area contributed by atoms with Gasteiger partial charge in [-0.3, -0.25) is 9.59 Å². The van der Waals surface area contributed by atoms with Crippen LogP contribution in [-0.2, 0) is 4.79 Å². The highest BCUT2D eigenvalue weighted by Crippen LogP contribution is 2.19. The van der Waals surface area contributed by atoms with Crippen molar-refractivity contribution in [2.45, 2.75) is 19.8 Å². The molecule has 0 aliphatic heterocycles. The SMILES string of the molecule is CCCCNC(=O)/C(=C/c1ccc(OC)cc1)NC(=O)c1cccc2ccccc12. The van der Waals surface area contributed by atoms with Gasteiger partial charge in [0.1, 0.15) is 11.4 Å². The van der Waals surface area contributed by atoms with Crippen LogP contribution in [0.15, 0.2) is 72.4 Å². The molecule has 0 atom stereocenters. The second-order valence-electron chi connectivity index (χ2n) is 6.92. The molecule has 5 nitrogen and oxygen atoms in total. The lowest BCUT2D eigenvalue weighted by molar-refractivity contribution is -0.117. The minimum atomic E-state index is -0.322. The number of carbonyl (C=O) groups excluding carboxylic acids is 2. The fourth-order valence-electron chi connectivity index (χ4n) is 3.11. The molecule has 0 spiro atoms. The van der Waals surface area contributed by atoms with E-state index < -0.39 is 0 Å². The second-order valence-corrected chi connectivity index (χ2v) is 6.92. The summed E-state index contributed by atoms with van der Waals surface area (Å²) < 4.78 is 5.18. The number of rotatable bonds is 8. The van der Waals surface area contributed by atoms with Gasteiger partial charge < -0.3 is 15.4 Å². The zero-order valence-electron chi connectivity index (χ0n) is 17.3. The smallest absolute Gasteiger partial charge is 0.267 e. The maximum Gasteiger partial charge on any atom is 0.267 e. The molecule has 0 heterocycles. The highest BCUT2D eigenvalue weighted by molar-refractivity contribution is 6.11. The van der Waals surface area contributed by atoms with Gasteiger partial charge in [0.05, 0.1) is 7.11 Å². The summed E-state index contributed by atoms with van der Waals surface area (Å²) in [6.45, 7) is 2.61. The quantitative estimate of drug-likeness (QED) is 0.430. The Hall–Kier alpha value is -3.60. The molecule has 3 aromatic rings. The van der Waals surface area contributed by atoms with Crippen molar-refractivity contribution in [3.63, 3.8) is 0 Å². The molecular weight excluding hydrogens is 376 g/mol. The molecular formula is C25H26N2O3. The lowest BCUT2D eigenvalue weighted by Crippen LogP contribution is -2.35. The fraction of sp³-hybridized carbons (Fsp3) is 0.200. The highest BCUT2D eigenvalue weighted by Gasteiger charge is 2.16. The van der Waals surface area contributed by atoms with Gasteiger partial charge in [0, 0.05) is 12.1 Å². The first kappa shape index (κ1) is 21.1. The Morgan fingerprint density at radius 3 is 2.43 bits per heavy atom. The Balaban J connectivity index is 1.89. The Bertz CT molecular complexity index is 1050. The molecule has 2 N–H and O–H groups in total. The van der Waals surface area contributed by atoms with Crippen molar-refractivity contribution in [2.75, 3.05) is 13.7 Å². The number of hydrogen-bond donors (Lipinski definition) is 2. The maximum absolute atomic E-state index is 13.0. The van der Waals surface area contributed by atoms with Gasteiger partial charge in [-0.25, -0.2) is 0 Å². The van der Waals surface area contributed by atoms with Gasteiger partial charge in [0.15, 0.2) is 0 Å². The summed E-state index contributed by atoms with van der Waals surface area (Å²) in [6.07, 6.45) is 3.52. The van der Waals surface area contributed by atoms with Crippen molar-refractivity contribution in [1.29, 1.82) is 0 Å². The van der Waals surface area contributed by atoms with Crippen molar-refractivity contribution in [2.24, 2.45) is 0 Å². The van der Waals surface area contributed by atoms with E-state index in [0.29, 0.717) is 12.1 Å². The van der Waals surface area contributed by atoms with E-state index in [2.05, 4.69) is 17.6 Å². The number of benzene rings is 3. The van der Waals surface area contributed by atoms with E-state index in [4.69, 9.17) is 4.74 Å². The third-order valence-corrected chi connectivity index (χ3v) is 4.77. The van der Waals surface area contributed by atoms with Crippen LogP contribution in [0.2, 0.25) is 0 Å². The average molecular weight is 402 g/mol. The lowest BCUT2D eigenvalue weighted by Gasteiger charge is -2.12. The van der Waals surface area contributed by atoms with Gasteiger partial charge >= 0.3 is 0 Å². The summed E-state index contributed by atoms with van der Waals surface area (Å²) in [6, 6.07) is 20.5. The van der Waals surface area contributed by atoms with Gasteiger partial charge in [-0.05, 0) is 47.0 Å². The molecule has 0 saturated carbocycles. The van der Waals surface area contributed by atoms with Gasteiger partial charge in [-0.2, -0.15) is 0 Å². The van der Waals surface area contributed by atoms with Gasteiger partial charge in [0.25, 0.3) is 11.8 Å². The molecule has 5 heteroatoms. The predicted molar refractivity (Wildman–Crippen MR) is 120 cm³/mol. The summed E-state index contributed by atoms with van der Waals surface area (Å²) in [7, 11) is 1.60. The Labute approximate surface area is 176 Å². The summed E-state index contributed by atoms with van der Waals surface area (Å²) in [5, 5.41) is 7.49. The van der Waals surface area contributed by atoms with Gasteiger partial charge in [-0.1, -0.05) is 61.9 Å². The number of nitrogens with one attached hydrogen (secondary N) is 2. The maximum atomic E-state index is 13.0. The number of carbonyl (C=O) groups is 2. The molecule has 0 aromatic heterocycles. The first-order chi connectivity index (χ1) is 14.6. The first-order valence-corrected chi connectivity index (χ1v) is 10.1. The molecule has 0 aliphatic carbocycles. The average Bonchev–Trinajstić information content (AvgIpc) is 2.78. The van der Waals surface area contributed by atoms with Crippen molar-refractivity contribution in [1.82, 2.24) is 10.6 Å². The molecule has 3 rings (SSSR count). The summed E-state index contributed by atoms with van der Waals surface area (Å²) in [5.41, 5.74) is 1.51. The fourth-order valence-corrected chi connectivity index (χ4v) is 3.11. The Morgan fingerprint density at radius 2 is 1.70 bits per heavy atom. The van der Waals surface area contributed by atoms with Crippen LogP contribution in [-0.4, -0.2) is 25.5 Å². The van der Waals surface area contributed by atoms with Crippen molar-refractivity contribution < 1.29 is 14.3 Å². The van der Waals surface area contributed by atoms with Gasteiger partial charge in [-0.15, -0.1) is 0 Å². The van der Waals surface area contributed by atoms with Crippen LogP contribution in [0, 0.1) is 0 Å². The third kappa shape index (κ3) is 5.26. The Kier molecular flexibility index (Phi) is 7.22. The number of amides is 2. The minimum absolute atomic E-state index is 0.203. The van der Waals surface area contributed by atoms with Crippen molar-refractivity contribution in [3.05, 3.63) is 83.6 Å². The van der Waals surface area contributed by atoms with Crippen LogP contribution in [0.1, 0.15) is 35.7 Å². The molecule has 0 aliphatic rings. The molecule has 30 heavy (non-hydrogen) atoms. The predicted octanol–water partition coefficient (Wildman–Crippen LogP) is 4.54. The summed E-state index contributed by atoms with van der Waals surface area (Å²) in [4.78, 5) is 25.8. The molecule has 3 aromatic carbocycles. The Morgan fingerprint density at radius 1 is 0.967 bits per heavy atom. The number of hydrogen-bond acceptors (Lipinski definition) is 3. The minimum Gasteiger partial charge on any atom is -0.497 e.